The molecule has 0 atom stereocenters. The standard InChI is InChI=1S/C17H16N4O/c1-20(16-5-3-2-4-6-16)17(22)15-9-7-14(8-10-15)11-21-13-18-12-19-21/h2-10,12-13H,11H2,1H3. The topological polar surface area (TPSA) is 51.0 Å². The van der Waals surface area contributed by atoms with Gasteiger partial charge in [-0.3, -0.25) is 4.79 Å². The highest BCUT2D eigenvalue weighted by Crippen LogP contribution is 2.15. The van der Waals surface area contributed by atoms with Gasteiger partial charge < -0.3 is 4.90 Å². The third-order valence-electron chi connectivity index (χ3n) is 3.46. The molecule has 0 aliphatic rings. The normalized spacial score (nSPS) is 10.4. The second-order valence-corrected chi connectivity index (χ2v) is 4.99. The number of benzene rings is 2. The van der Waals surface area contributed by atoms with Gasteiger partial charge in [-0.2, -0.15) is 5.10 Å². The minimum absolute atomic E-state index is 0.0292. The molecule has 2 aromatic carbocycles. The Balaban J connectivity index is 1.73. The van der Waals surface area contributed by atoms with Crippen LogP contribution in [0.3, 0.4) is 0 Å². The Kier molecular flexibility index (Phi) is 3.96. The molecule has 0 unspecified atom stereocenters. The van der Waals surface area contributed by atoms with E-state index in [1.807, 2.05) is 54.6 Å². The van der Waals surface area contributed by atoms with E-state index in [9.17, 15) is 4.79 Å². The number of amides is 1. The number of rotatable bonds is 4. The molecule has 1 heterocycles. The van der Waals surface area contributed by atoms with E-state index >= 15 is 0 Å². The highest BCUT2D eigenvalue weighted by atomic mass is 16.2. The van der Waals surface area contributed by atoms with Crippen molar-refractivity contribution in [3.05, 3.63) is 78.4 Å². The molecule has 1 aromatic heterocycles. The summed E-state index contributed by atoms with van der Waals surface area (Å²) >= 11 is 0. The van der Waals surface area contributed by atoms with Crippen LogP contribution in [0.1, 0.15) is 15.9 Å². The molecule has 0 fully saturated rings. The lowest BCUT2D eigenvalue weighted by Gasteiger charge is -2.17. The lowest BCUT2D eigenvalue weighted by atomic mass is 10.1. The molecule has 5 nitrogen and oxygen atoms in total. The van der Waals surface area contributed by atoms with E-state index in [0.717, 1.165) is 11.3 Å². The smallest absolute Gasteiger partial charge is 0.258 e. The van der Waals surface area contributed by atoms with Gasteiger partial charge in [-0.25, -0.2) is 9.67 Å². The Morgan fingerprint density at radius 2 is 1.82 bits per heavy atom. The van der Waals surface area contributed by atoms with Gasteiger partial charge in [0.1, 0.15) is 12.7 Å². The maximum absolute atomic E-state index is 12.5. The van der Waals surface area contributed by atoms with E-state index in [2.05, 4.69) is 10.1 Å². The van der Waals surface area contributed by atoms with Gasteiger partial charge in [-0.1, -0.05) is 30.3 Å². The molecule has 5 heteroatoms. The van der Waals surface area contributed by atoms with Crippen LogP contribution < -0.4 is 4.90 Å². The first-order valence-corrected chi connectivity index (χ1v) is 6.98. The van der Waals surface area contributed by atoms with Crippen LogP contribution in [0.4, 0.5) is 5.69 Å². The minimum Gasteiger partial charge on any atom is -0.311 e. The Hall–Kier alpha value is -2.95. The Labute approximate surface area is 128 Å². The van der Waals surface area contributed by atoms with Crippen LogP contribution in [0.2, 0.25) is 0 Å². The number of hydrogen-bond donors (Lipinski definition) is 0. The summed E-state index contributed by atoms with van der Waals surface area (Å²) < 4.78 is 1.74. The zero-order valence-electron chi connectivity index (χ0n) is 12.3. The average Bonchev–Trinajstić information content (AvgIpc) is 3.08. The summed E-state index contributed by atoms with van der Waals surface area (Å²) in [5, 5.41) is 4.07. The van der Waals surface area contributed by atoms with Crippen molar-refractivity contribution in [1.82, 2.24) is 14.8 Å². The van der Waals surface area contributed by atoms with E-state index in [0.29, 0.717) is 12.1 Å². The summed E-state index contributed by atoms with van der Waals surface area (Å²) in [6.45, 7) is 0.642. The molecule has 3 aromatic rings. The lowest BCUT2D eigenvalue weighted by Crippen LogP contribution is -2.26. The summed E-state index contributed by atoms with van der Waals surface area (Å²) in [4.78, 5) is 18.0. The Bertz CT molecular complexity index is 736. The average molecular weight is 292 g/mol. The molecular weight excluding hydrogens is 276 g/mol. The molecule has 0 aliphatic heterocycles. The van der Waals surface area contributed by atoms with E-state index in [1.165, 1.54) is 6.33 Å². The van der Waals surface area contributed by atoms with E-state index in [1.54, 1.807) is 23.0 Å². The number of nitrogens with zero attached hydrogens (tertiary/aromatic N) is 4. The highest BCUT2D eigenvalue weighted by Gasteiger charge is 2.12. The van der Waals surface area contributed by atoms with Crippen molar-refractivity contribution < 1.29 is 4.79 Å². The van der Waals surface area contributed by atoms with Crippen LogP contribution in [0.5, 0.6) is 0 Å². The van der Waals surface area contributed by atoms with Crippen LogP contribution in [0.25, 0.3) is 0 Å². The predicted molar refractivity (Wildman–Crippen MR) is 84.7 cm³/mol. The molecule has 110 valence electrons. The van der Waals surface area contributed by atoms with Crippen molar-refractivity contribution >= 4 is 11.6 Å². The second-order valence-electron chi connectivity index (χ2n) is 4.99. The lowest BCUT2D eigenvalue weighted by molar-refractivity contribution is 0.0993. The van der Waals surface area contributed by atoms with Crippen molar-refractivity contribution in [3.63, 3.8) is 0 Å². The third-order valence-corrected chi connectivity index (χ3v) is 3.46. The van der Waals surface area contributed by atoms with Gasteiger partial charge in [0.25, 0.3) is 5.91 Å². The molecule has 0 saturated carbocycles. The molecule has 0 saturated heterocycles. The van der Waals surface area contributed by atoms with Gasteiger partial charge in [0.2, 0.25) is 0 Å². The fourth-order valence-electron chi connectivity index (χ4n) is 2.22. The van der Waals surface area contributed by atoms with Gasteiger partial charge in [0.15, 0.2) is 0 Å². The first kappa shape index (κ1) is 14.0. The van der Waals surface area contributed by atoms with E-state index in [-0.39, 0.29) is 5.91 Å². The SMILES string of the molecule is CN(C(=O)c1ccc(Cn2cncn2)cc1)c1ccccc1. The molecule has 0 radical (unpaired) electrons. The molecular formula is C17H16N4O. The van der Waals surface area contributed by atoms with Crippen molar-refractivity contribution in [2.45, 2.75) is 6.54 Å². The number of hydrogen-bond acceptors (Lipinski definition) is 3. The summed E-state index contributed by atoms with van der Waals surface area (Å²) in [7, 11) is 1.78. The summed E-state index contributed by atoms with van der Waals surface area (Å²) in [6.07, 6.45) is 3.18. The van der Waals surface area contributed by atoms with Gasteiger partial charge in [-0.15, -0.1) is 0 Å². The van der Waals surface area contributed by atoms with Crippen LogP contribution in [-0.2, 0) is 6.54 Å². The van der Waals surface area contributed by atoms with E-state index in [4.69, 9.17) is 0 Å². The molecule has 3 rings (SSSR count). The van der Waals surface area contributed by atoms with Gasteiger partial charge in [0, 0.05) is 18.3 Å². The predicted octanol–water partition coefficient (Wildman–Crippen LogP) is 2.60. The number of anilines is 1. The monoisotopic (exact) mass is 292 g/mol. The van der Waals surface area contributed by atoms with Crippen LogP contribution in [0.15, 0.2) is 67.3 Å². The number of carbonyl (C=O) groups excluding carboxylic acids is 1. The number of para-hydroxylation sites is 1. The highest BCUT2D eigenvalue weighted by molar-refractivity contribution is 6.05. The summed E-state index contributed by atoms with van der Waals surface area (Å²) in [5.74, 6) is -0.0292. The fraction of sp³-hybridized carbons (Fsp3) is 0.118. The number of aromatic nitrogens is 3. The third kappa shape index (κ3) is 3.03. The largest absolute Gasteiger partial charge is 0.311 e. The first-order chi connectivity index (χ1) is 10.7. The Morgan fingerprint density at radius 1 is 1.09 bits per heavy atom. The quantitative estimate of drug-likeness (QED) is 0.742. The van der Waals surface area contributed by atoms with Crippen LogP contribution >= 0.6 is 0 Å². The summed E-state index contributed by atoms with van der Waals surface area (Å²) in [6, 6.07) is 17.2. The zero-order valence-corrected chi connectivity index (χ0v) is 12.3. The number of carbonyl (C=O) groups is 1. The zero-order chi connectivity index (χ0) is 15.4. The molecule has 0 spiro atoms. The van der Waals surface area contributed by atoms with Crippen LogP contribution in [0, 0.1) is 0 Å². The maximum atomic E-state index is 12.5. The molecule has 0 aliphatic carbocycles. The fourth-order valence-corrected chi connectivity index (χ4v) is 2.22. The summed E-state index contributed by atoms with van der Waals surface area (Å²) in [5.41, 5.74) is 2.61. The van der Waals surface area contributed by atoms with Crippen molar-refractivity contribution in [3.8, 4) is 0 Å². The van der Waals surface area contributed by atoms with Gasteiger partial charge in [-0.05, 0) is 29.8 Å². The van der Waals surface area contributed by atoms with Gasteiger partial charge in [0.05, 0.1) is 6.54 Å². The molecule has 0 N–H and O–H groups in total. The van der Waals surface area contributed by atoms with E-state index < -0.39 is 0 Å². The Morgan fingerprint density at radius 3 is 2.45 bits per heavy atom. The first-order valence-electron chi connectivity index (χ1n) is 6.98. The van der Waals surface area contributed by atoms with Gasteiger partial charge >= 0.3 is 0 Å². The minimum atomic E-state index is -0.0292. The second kappa shape index (κ2) is 6.22. The van der Waals surface area contributed by atoms with Crippen molar-refractivity contribution in [1.29, 1.82) is 0 Å². The molecule has 0 bridgehead atoms. The van der Waals surface area contributed by atoms with Crippen LogP contribution in [-0.4, -0.2) is 27.7 Å². The van der Waals surface area contributed by atoms with Crippen molar-refractivity contribution in [2.24, 2.45) is 0 Å². The molecule has 22 heavy (non-hydrogen) atoms. The molecule has 1 amide bonds. The maximum Gasteiger partial charge on any atom is 0.258 e. The van der Waals surface area contributed by atoms with Crippen molar-refractivity contribution in [2.75, 3.05) is 11.9 Å².